The highest BCUT2D eigenvalue weighted by Crippen LogP contribution is 2.29. The second kappa shape index (κ2) is 7.78. The summed E-state index contributed by atoms with van der Waals surface area (Å²) >= 11 is 3.33. The van der Waals surface area contributed by atoms with Crippen LogP contribution < -0.4 is 10.1 Å². The molecular weight excluding hydrogens is 380 g/mol. The Balaban J connectivity index is 0.00000220. The van der Waals surface area contributed by atoms with Crippen molar-refractivity contribution in [2.45, 2.75) is 23.8 Å². The summed E-state index contributed by atoms with van der Waals surface area (Å²) in [5, 5.41) is 3.24. The van der Waals surface area contributed by atoms with Gasteiger partial charge in [0.1, 0.15) is 5.75 Å². The molecule has 0 radical (unpaired) electrons. The molecule has 1 aromatic rings. The van der Waals surface area contributed by atoms with Crippen LogP contribution >= 0.6 is 28.3 Å². The van der Waals surface area contributed by atoms with Crippen LogP contribution in [0.2, 0.25) is 0 Å². The summed E-state index contributed by atoms with van der Waals surface area (Å²) < 4.78 is 32.5. The molecule has 1 fully saturated rings. The normalized spacial score (nSPS) is 16.6. The van der Waals surface area contributed by atoms with Crippen molar-refractivity contribution in [2.24, 2.45) is 0 Å². The third-order valence-corrected chi connectivity index (χ3v) is 6.15. The van der Waals surface area contributed by atoms with Crippen molar-refractivity contribution in [3.8, 4) is 5.75 Å². The van der Waals surface area contributed by atoms with Crippen molar-refractivity contribution in [1.29, 1.82) is 0 Å². The zero-order valence-electron chi connectivity index (χ0n) is 12.0. The molecule has 0 atom stereocenters. The van der Waals surface area contributed by atoms with Crippen LogP contribution in [0.1, 0.15) is 12.8 Å². The number of nitrogens with zero attached hydrogens (tertiary/aromatic N) is 1. The highest BCUT2D eigenvalue weighted by atomic mass is 79.9. The Kier molecular flexibility index (Phi) is 6.93. The topological polar surface area (TPSA) is 58.6 Å². The second-order valence-electron chi connectivity index (χ2n) is 4.80. The first-order chi connectivity index (χ1) is 9.46. The van der Waals surface area contributed by atoms with Gasteiger partial charge in [-0.1, -0.05) is 0 Å². The van der Waals surface area contributed by atoms with Crippen LogP contribution in [0.5, 0.6) is 5.75 Å². The minimum Gasteiger partial charge on any atom is -0.496 e. The van der Waals surface area contributed by atoms with Gasteiger partial charge in [0.2, 0.25) is 10.0 Å². The Bertz CT molecular complexity index is 577. The van der Waals surface area contributed by atoms with Crippen molar-refractivity contribution >= 4 is 38.4 Å². The largest absolute Gasteiger partial charge is 0.496 e. The maximum Gasteiger partial charge on any atom is 0.243 e. The molecule has 5 nitrogen and oxygen atoms in total. The van der Waals surface area contributed by atoms with Gasteiger partial charge >= 0.3 is 0 Å². The fraction of sp³-hybridized carbons (Fsp3) is 0.538. The number of nitrogens with one attached hydrogen (secondary N) is 1. The molecule has 0 bridgehead atoms. The average molecular weight is 400 g/mol. The van der Waals surface area contributed by atoms with Crippen LogP contribution in [0.4, 0.5) is 0 Å². The maximum atomic E-state index is 12.6. The molecule has 0 unspecified atom stereocenters. The lowest BCUT2D eigenvalue weighted by molar-refractivity contribution is 0.296. The van der Waals surface area contributed by atoms with Gasteiger partial charge in [-0.15, -0.1) is 12.4 Å². The summed E-state index contributed by atoms with van der Waals surface area (Å²) in [6, 6.07) is 4.89. The van der Waals surface area contributed by atoms with E-state index in [-0.39, 0.29) is 23.3 Å². The number of hydrogen-bond donors (Lipinski definition) is 1. The van der Waals surface area contributed by atoms with Gasteiger partial charge in [0.15, 0.2) is 0 Å². The SMILES string of the molecule is COc1ccc(S(=O)(=O)N(C)C2CCNCC2)cc1Br.Cl. The Labute approximate surface area is 140 Å². The lowest BCUT2D eigenvalue weighted by Gasteiger charge is -2.30. The summed E-state index contributed by atoms with van der Waals surface area (Å²) in [5.74, 6) is 0.619. The molecule has 8 heteroatoms. The lowest BCUT2D eigenvalue weighted by Crippen LogP contribution is -2.43. The third-order valence-electron chi connectivity index (χ3n) is 3.62. The van der Waals surface area contributed by atoms with Gasteiger partial charge in [-0.05, 0) is 60.1 Å². The van der Waals surface area contributed by atoms with Gasteiger partial charge in [0.05, 0.1) is 16.5 Å². The Hall–Kier alpha value is -0.340. The molecule has 0 saturated carbocycles. The first-order valence-corrected chi connectivity index (χ1v) is 8.72. The molecule has 0 aromatic heterocycles. The van der Waals surface area contributed by atoms with E-state index in [2.05, 4.69) is 21.2 Å². The number of piperidine rings is 1. The van der Waals surface area contributed by atoms with E-state index in [9.17, 15) is 8.42 Å². The molecule has 21 heavy (non-hydrogen) atoms. The number of sulfonamides is 1. The van der Waals surface area contributed by atoms with Gasteiger partial charge in [-0.2, -0.15) is 4.31 Å². The second-order valence-corrected chi connectivity index (χ2v) is 7.65. The van der Waals surface area contributed by atoms with Gasteiger partial charge in [-0.3, -0.25) is 0 Å². The smallest absolute Gasteiger partial charge is 0.243 e. The number of methoxy groups -OCH3 is 1. The first kappa shape index (κ1) is 18.7. The quantitative estimate of drug-likeness (QED) is 0.843. The number of benzene rings is 1. The van der Waals surface area contributed by atoms with Gasteiger partial charge in [0, 0.05) is 13.1 Å². The summed E-state index contributed by atoms with van der Waals surface area (Å²) in [7, 11) is -0.259. The van der Waals surface area contributed by atoms with Crippen LogP contribution in [-0.2, 0) is 10.0 Å². The summed E-state index contributed by atoms with van der Waals surface area (Å²) in [4.78, 5) is 0.284. The zero-order valence-corrected chi connectivity index (χ0v) is 15.2. The summed E-state index contributed by atoms with van der Waals surface area (Å²) in [5.41, 5.74) is 0. The zero-order chi connectivity index (χ0) is 14.8. The van der Waals surface area contributed by atoms with E-state index < -0.39 is 10.0 Å². The van der Waals surface area contributed by atoms with E-state index in [1.165, 1.54) is 4.31 Å². The molecule has 1 heterocycles. The molecule has 0 aliphatic carbocycles. The minimum absolute atomic E-state index is 0. The van der Waals surface area contributed by atoms with Crippen molar-refractivity contribution in [3.05, 3.63) is 22.7 Å². The molecule has 1 saturated heterocycles. The molecule has 0 amide bonds. The lowest BCUT2D eigenvalue weighted by atomic mass is 10.1. The minimum atomic E-state index is -3.47. The fourth-order valence-electron chi connectivity index (χ4n) is 2.34. The molecule has 2 rings (SSSR count). The highest BCUT2D eigenvalue weighted by molar-refractivity contribution is 9.10. The van der Waals surface area contributed by atoms with Crippen molar-refractivity contribution < 1.29 is 13.2 Å². The van der Waals surface area contributed by atoms with E-state index >= 15 is 0 Å². The predicted molar refractivity (Wildman–Crippen MR) is 88.8 cm³/mol. The van der Waals surface area contributed by atoms with Crippen LogP contribution in [0.25, 0.3) is 0 Å². The maximum absolute atomic E-state index is 12.6. The molecule has 1 N–H and O–H groups in total. The Morgan fingerprint density at radius 1 is 1.33 bits per heavy atom. The van der Waals surface area contributed by atoms with Crippen molar-refractivity contribution in [2.75, 3.05) is 27.2 Å². The number of ether oxygens (including phenoxy) is 1. The van der Waals surface area contributed by atoms with Gasteiger partial charge in [0.25, 0.3) is 0 Å². The first-order valence-electron chi connectivity index (χ1n) is 6.49. The van der Waals surface area contributed by atoms with Crippen molar-refractivity contribution in [3.63, 3.8) is 0 Å². The number of rotatable bonds is 4. The third kappa shape index (κ3) is 4.10. The van der Waals surface area contributed by atoms with Crippen LogP contribution in [0.15, 0.2) is 27.6 Å². The Morgan fingerprint density at radius 3 is 2.48 bits per heavy atom. The Morgan fingerprint density at radius 2 is 1.95 bits per heavy atom. The number of halogens is 2. The van der Waals surface area contributed by atoms with Gasteiger partial charge < -0.3 is 10.1 Å². The van der Waals surface area contributed by atoms with E-state index in [1.54, 1.807) is 32.4 Å². The molecule has 1 aliphatic rings. The van der Waals surface area contributed by atoms with E-state index in [4.69, 9.17) is 4.74 Å². The summed E-state index contributed by atoms with van der Waals surface area (Å²) in [6.45, 7) is 1.72. The highest BCUT2D eigenvalue weighted by Gasteiger charge is 2.29. The molecule has 1 aliphatic heterocycles. The average Bonchev–Trinajstić information content (AvgIpc) is 2.47. The number of hydrogen-bond acceptors (Lipinski definition) is 4. The summed E-state index contributed by atoms with van der Waals surface area (Å²) in [6.07, 6.45) is 1.68. The van der Waals surface area contributed by atoms with E-state index in [0.29, 0.717) is 10.2 Å². The van der Waals surface area contributed by atoms with E-state index in [1.807, 2.05) is 0 Å². The van der Waals surface area contributed by atoms with Crippen molar-refractivity contribution in [1.82, 2.24) is 9.62 Å². The fourth-order valence-corrected chi connectivity index (χ4v) is 4.48. The molecule has 120 valence electrons. The standard InChI is InChI=1S/C13H19BrN2O3S.ClH/c1-16(10-5-7-15-8-6-10)20(17,18)11-3-4-13(19-2)12(14)9-11;/h3-4,9-10,15H,5-8H2,1-2H3;1H. The molecule has 1 aromatic carbocycles. The molecule has 0 spiro atoms. The van der Waals surface area contributed by atoms with Gasteiger partial charge in [-0.25, -0.2) is 8.42 Å². The predicted octanol–water partition coefficient (Wildman–Crippen LogP) is 2.25. The monoisotopic (exact) mass is 398 g/mol. The van der Waals surface area contributed by atoms with E-state index in [0.717, 1.165) is 25.9 Å². The molecular formula is C13H20BrClN2O3S. The van der Waals surface area contributed by atoms with Crippen LogP contribution in [0.3, 0.4) is 0 Å². The van der Waals surface area contributed by atoms with Crippen LogP contribution in [-0.4, -0.2) is 46.0 Å². The van der Waals surface area contributed by atoms with Crippen LogP contribution in [0, 0.1) is 0 Å².